The van der Waals surface area contributed by atoms with E-state index in [1.54, 1.807) is 11.1 Å². The molecule has 0 aromatic heterocycles. The summed E-state index contributed by atoms with van der Waals surface area (Å²) >= 11 is 0. The molecule has 3 heteroatoms. The van der Waals surface area contributed by atoms with Gasteiger partial charge in [0.2, 0.25) is 0 Å². The van der Waals surface area contributed by atoms with Crippen molar-refractivity contribution in [3.05, 3.63) is 11.1 Å². The van der Waals surface area contributed by atoms with Crippen LogP contribution in [-0.4, -0.2) is 61.7 Å². The molecule has 2 heterocycles. The Morgan fingerprint density at radius 3 is 2.25 bits per heavy atom. The van der Waals surface area contributed by atoms with Gasteiger partial charge in [-0.15, -0.1) is 0 Å². The maximum Gasteiger partial charge on any atom is 0.0194 e. The molecule has 92 valence electrons. The lowest BCUT2D eigenvalue weighted by Gasteiger charge is -2.37. The van der Waals surface area contributed by atoms with Gasteiger partial charge in [0.1, 0.15) is 0 Å². The van der Waals surface area contributed by atoms with Crippen LogP contribution >= 0.6 is 0 Å². The van der Waals surface area contributed by atoms with Crippen LogP contribution in [0.4, 0.5) is 0 Å². The zero-order chi connectivity index (χ0) is 11.5. The molecule has 2 saturated heterocycles. The number of rotatable bonds is 3. The first kappa shape index (κ1) is 12.1. The second kappa shape index (κ2) is 5.30. The summed E-state index contributed by atoms with van der Waals surface area (Å²) in [5, 5.41) is 3.32. The summed E-state index contributed by atoms with van der Waals surface area (Å²) in [7, 11) is 0. The summed E-state index contributed by atoms with van der Waals surface area (Å²) in [6.07, 6.45) is 0. The third-order valence-corrected chi connectivity index (χ3v) is 3.88. The maximum atomic E-state index is 3.32. The third-order valence-electron chi connectivity index (χ3n) is 3.88. The first-order valence-electron chi connectivity index (χ1n) is 6.51. The van der Waals surface area contributed by atoms with E-state index in [0.29, 0.717) is 6.04 Å². The minimum atomic E-state index is 0.706. The summed E-state index contributed by atoms with van der Waals surface area (Å²) in [5.74, 6) is 0. The summed E-state index contributed by atoms with van der Waals surface area (Å²) in [4.78, 5) is 5.17. The molecule has 2 aliphatic rings. The Balaban J connectivity index is 1.77. The number of hydrogen-bond acceptors (Lipinski definition) is 3. The highest BCUT2D eigenvalue weighted by molar-refractivity contribution is 5.22. The lowest BCUT2D eigenvalue weighted by molar-refractivity contribution is 0.115. The molecule has 1 N–H and O–H groups in total. The lowest BCUT2D eigenvalue weighted by Crippen LogP contribution is -2.49. The quantitative estimate of drug-likeness (QED) is 0.718. The van der Waals surface area contributed by atoms with Gasteiger partial charge >= 0.3 is 0 Å². The van der Waals surface area contributed by atoms with Crippen molar-refractivity contribution in [1.82, 2.24) is 15.1 Å². The fraction of sp³-hybridized carbons (Fsp3) is 0.846. The van der Waals surface area contributed by atoms with E-state index in [-0.39, 0.29) is 0 Å². The normalized spacial score (nSPS) is 23.6. The average Bonchev–Trinajstić information content (AvgIpc) is 2.15. The van der Waals surface area contributed by atoms with E-state index in [1.165, 1.54) is 32.7 Å². The van der Waals surface area contributed by atoms with Crippen molar-refractivity contribution in [2.24, 2.45) is 0 Å². The second-order valence-corrected chi connectivity index (χ2v) is 5.39. The molecule has 0 atom stereocenters. The smallest absolute Gasteiger partial charge is 0.0194 e. The molecular formula is C13H25N3. The highest BCUT2D eigenvalue weighted by Gasteiger charge is 2.20. The summed E-state index contributed by atoms with van der Waals surface area (Å²) in [6.45, 7) is 15.2. The van der Waals surface area contributed by atoms with Crippen molar-refractivity contribution < 1.29 is 0 Å². The Bertz CT molecular complexity index is 256. The predicted octanol–water partition coefficient (Wildman–Crippen LogP) is 0.932. The molecule has 0 aromatic carbocycles. The van der Waals surface area contributed by atoms with E-state index < -0.39 is 0 Å². The van der Waals surface area contributed by atoms with E-state index in [0.717, 1.165) is 13.1 Å². The van der Waals surface area contributed by atoms with E-state index in [9.17, 15) is 0 Å². The third kappa shape index (κ3) is 2.84. The molecule has 0 radical (unpaired) electrons. The monoisotopic (exact) mass is 223 g/mol. The van der Waals surface area contributed by atoms with Crippen molar-refractivity contribution in [2.75, 3.05) is 45.8 Å². The van der Waals surface area contributed by atoms with Crippen molar-refractivity contribution in [3.8, 4) is 0 Å². The second-order valence-electron chi connectivity index (χ2n) is 5.39. The fourth-order valence-corrected chi connectivity index (χ4v) is 2.44. The molecular weight excluding hydrogens is 198 g/mol. The first-order valence-corrected chi connectivity index (χ1v) is 6.51. The fourth-order valence-electron chi connectivity index (χ4n) is 2.44. The molecule has 0 amide bonds. The average molecular weight is 223 g/mol. The molecule has 0 aliphatic carbocycles. The molecule has 0 aromatic rings. The number of nitrogens with one attached hydrogen (secondary N) is 1. The topological polar surface area (TPSA) is 18.5 Å². The molecule has 0 unspecified atom stereocenters. The van der Waals surface area contributed by atoms with Crippen LogP contribution in [0.1, 0.15) is 20.8 Å². The SMILES string of the molecule is CC(CN1CCN(C(C)C)CC1)=C1CNC1. The maximum absolute atomic E-state index is 3.32. The molecule has 2 rings (SSSR count). The summed E-state index contributed by atoms with van der Waals surface area (Å²) in [6, 6.07) is 0.706. The Morgan fingerprint density at radius 2 is 1.81 bits per heavy atom. The Kier molecular flexibility index (Phi) is 4.00. The van der Waals surface area contributed by atoms with Crippen molar-refractivity contribution in [2.45, 2.75) is 26.8 Å². The van der Waals surface area contributed by atoms with Gasteiger partial charge in [0.15, 0.2) is 0 Å². The van der Waals surface area contributed by atoms with Crippen LogP contribution < -0.4 is 5.32 Å². The zero-order valence-electron chi connectivity index (χ0n) is 10.9. The first-order chi connectivity index (χ1) is 7.66. The van der Waals surface area contributed by atoms with Crippen LogP contribution in [0.15, 0.2) is 11.1 Å². The largest absolute Gasteiger partial charge is 0.309 e. The van der Waals surface area contributed by atoms with Crippen LogP contribution in [0.5, 0.6) is 0 Å². The van der Waals surface area contributed by atoms with E-state index in [4.69, 9.17) is 0 Å². The number of piperazine rings is 1. The Labute approximate surface area is 99.5 Å². The highest BCUT2D eigenvalue weighted by atomic mass is 15.3. The van der Waals surface area contributed by atoms with Gasteiger partial charge in [-0.2, -0.15) is 0 Å². The summed E-state index contributed by atoms with van der Waals surface area (Å²) < 4.78 is 0. The molecule has 2 aliphatic heterocycles. The zero-order valence-corrected chi connectivity index (χ0v) is 10.9. The van der Waals surface area contributed by atoms with Crippen LogP contribution in [0, 0.1) is 0 Å². The van der Waals surface area contributed by atoms with Gasteiger partial charge in [-0.3, -0.25) is 9.80 Å². The molecule has 0 bridgehead atoms. The molecule has 0 saturated carbocycles. The van der Waals surface area contributed by atoms with Gasteiger partial charge in [-0.05, 0) is 26.3 Å². The molecule has 3 nitrogen and oxygen atoms in total. The lowest BCUT2D eigenvalue weighted by atomic mass is 10.0. The van der Waals surface area contributed by atoms with Gasteiger partial charge < -0.3 is 5.32 Å². The van der Waals surface area contributed by atoms with Crippen LogP contribution in [0.2, 0.25) is 0 Å². The van der Waals surface area contributed by atoms with Gasteiger partial charge in [-0.1, -0.05) is 5.57 Å². The minimum Gasteiger partial charge on any atom is -0.309 e. The van der Waals surface area contributed by atoms with Crippen LogP contribution in [0.25, 0.3) is 0 Å². The van der Waals surface area contributed by atoms with Gasteiger partial charge in [0.25, 0.3) is 0 Å². The Hall–Kier alpha value is -0.380. The predicted molar refractivity (Wildman–Crippen MR) is 68.7 cm³/mol. The number of nitrogens with zero attached hydrogens (tertiary/aromatic N) is 2. The standard InChI is InChI=1S/C13H25N3/c1-11(2)16-6-4-15(5-7-16)10-12(3)13-8-14-9-13/h11,14H,4-10H2,1-3H3. The molecule has 16 heavy (non-hydrogen) atoms. The molecule has 0 spiro atoms. The van der Waals surface area contributed by atoms with Crippen molar-refractivity contribution >= 4 is 0 Å². The van der Waals surface area contributed by atoms with E-state index >= 15 is 0 Å². The van der Waals surface area contributed by atoms with Crippen LogP contribution in [-0.2, 0) is 0 Å². The number of hydrogen-bond donors (Lipinski definition) is 1. The van der Waals surface area contributed by atoms with E-state index in [2.05, 4.69) is 35.9 Å². The van der Waals surface area contributed by atoms with Crippen molar-refractivity contribution in [1.29, 1.82) is 0 Å². The van der Waals surface area contributed by atoms with Crippen molar-refractivity contribution in [3.63, 3.8) is 0 Å². The van der Waals surface area contributed by atoms with Gasteiger partial charge in [0, 0.05) is 51.9 Å². The molecule has 2 fully saturated rings. The Morgan fingerprint density at radius 1 is 1.19 bits per heavy atom. The minimum absolute atomic E-state index is 0.706. The van der Waals surface area contributed by atoms with Gasteiger partial charge in [0.05, 0.1) is 0 Å². The van der Waals surface area contributed by atoms with Crippen LogP contribution in [0.3, 0.4) is 0 Å². The van der Waals surface area contributed by atoms with Gasteiger partial charge in [-0.25, -0.2) is 0 Å². The van der Waals surface area contributed by atoms with E-state index in [1.807, 2.05) is 0 Å². The highest BCUT2D eigenvalue weighted by Crippen LogP contribution is 2.12. The summed E-state index contributed by atoms with van der Waals surface area (Å²) in [5.41, 5.74) is 3.23.